The summed E-state index contributed by atoms with van der Waals surface area (Å²) in [6, 6.07) is 9.19. The Morgan fingerprint density at radius 3 is 2.92 bits per heavy atom. The second-order valence-electron chi connectivity index (χ2n) is 6.50. The smallest absolute Gasteiger partial charge is 0.257 e. The molecule has 1 fully saturated rings. The van der Waals surface area contributed by atoms with Gasteiger partial charge in [-0.05, 0) is 41.4 Å². The lowest BCUT2D eigenvalue weighted by molar-refractivity contribution is -0.0467. The molecule has 1 aromatic heterocycles. The number of fused-ring (bicyclic) bond motifs is 1. The second-order valence-corrected chi connectivity index (χ2v) is 9.18. The molecule has 3 heterocycles. The molecule has 2 aliphatic heterocycles. The number of aromatic nitrogens is 1. The van der Waals surface area contributed by atoms with Crippen LogP contribution in [0.25, 0.3) is 0 Å². The highest BCUT2D eigenvalue weighted by atomic mass is 79.9. The summed E-state index contributed by atoms with van der Waals surface area (Å²) in [6.45, 7) is 2.59. The first kappa shape index (κ1) is 18.2. The number of nitrogens with zero attached hydrogens (tertiary/aromatic N) is 2. The molecule has 0 saturated carbocycles. The molecule has 5 nitrogen and oxygen atoms in total. The highest BCUT2D eigenvalue weighted by molar-refractivity contribution is 9.10. The number of thioether (sulfide) groups is 1. The summed E-state index contributed by atoms with van der Waals surface area (Å²) in [6.07, 6.45) is 1.15. The van der Waals surface area contributed by atoms with Crippen LogP contribution in [0.2, 0.25) is 0 Å². The van der Waals surface area contributed by atoms with Crippen LogP contribution in [0, 0.1) is 5.92 Å². The number of rotatable bonds is 2. The lowest BCUT2D eigenvalue weighted by Crippen LogP contribution is -2.50. The van der Waals surface area contributed by atoms with E-state index in [1.54, 1.807) is 35.2 Å². The Labute approximate surface area is 168 Å². The van der Waals surface area contributed by atoms with Crippen LogP contribution >= 0.6 is 39.0 Å². The van der Waals surface area contributed by atoms with Crippen LogP contribution in [-0.2, 0) is 10.3 Å². The van der Waals surface area contributed by atoms with Crippen molar-refractivity contribution in [1.82, 2.24) is 10.3 Å². The van der Waals surface area contributed by atoms with E-state index in [1.807, 2.05) is 23.6 Å². The van der Waals surface area contributed by atoms with E-state index in [0.717, 1.165) is 21.8 Å². The van der Waals surface area contributed by atoms with Gasteiger partial charge < -0.3 is 10.1 Å². The Kier molecular flexibility index (Phi) is 5.18. The highest BCUT2D eigenvalue weighted by Gasteiger charge is 2.49. The molecule has 8 heteroatoms. The Morgan fingerprint density at radius 1 is 1.38 bits per heavy atom. The van der Waals surface area contributed by atoms with Crippen LogP contribution in [0.3, 0.4) is 0 Å². The van der Waals surface area contributed by atoms with Crippen molar-refractivity contribution >= 4 is 50.1 Å². The van der Waals surface area contributed by atoms with Gasteiger partial charge >= 0.3 is 0 Å². The highest BCUT2D eigenvalue weighted by Crippen LogP contribution is 2.47. The fourth-order valence-corrected chi connectivity index (χ4v) is 5.96. The minimum Gasteiger partial charge on any atom is -0.375 e. The van der Waals surface area contributed by atoms with Crippen LogP contribution in [0.1, 0.15) is 28.7 Å². The normalized spacial score (nSPS) is 28.2. The van der Waals surface area contributed by atoms with Crippen molar-refractivity contribution in [3.05, 3.63) is 50.9 Å². The van der Waals surface area contributed by atoms with Crippen LogP contribution in [-0.4, -0.2) is 34.5 Å². The third kappa shape index (κ3) is 3.47. The topological polar surface area (TPSA) is 63.6 Å². The quantitative estimate of drug-likeness (QED) is 0.747. The molecule has 26 heavy (non-hydrogen) atoms. The minimum atomic E-state index is -0.520. The zero-order valence-electron chi connectivity index (χ0n) is 14.1. The number of amidine groups is 1. The lowest BCUT2D eigenvalue weighted by atomic mass is 9.80. The maximum Gasteiger partial charge on any atom is 0.257 e. The van der Waals surface area contributed by atoms with E-state index >= 15 is 0 Å². The summed E-state index contributed by atoms with van der Waals surface area (Å²) < 4.78 is 6.79. The fraction of sp³-hybridized carbons (Fsp3) is 0.389. The van der Waals surface area contributed by atoms with Crippen molar-refractivity contribution in [3.63, 3.8) is 0 Å². The van der Waals surface area contributed by atoms with E-state index in [-0.39, 0.29) is 12.0 Å². The van der Waals surface area contributed by atoms with Crippen LogP contribution in [0.15, 0.2) is 45.3 Å². The summed E-state index contributed by atoms with van der Waals surface area (Å²) in [5.41, 5.74) is 0.103. The standard InChI is InChI=1S/C18H18BrN3O2S2/c1-11-7-13-8-26-17(21-15(23)12-5-3-2-4-6-12)22-18(13,10-24-11)16-20-14(19)9-25-16/h2-6,9,11,13H,7-8,10H2,1H3,(H,21,22,23). The zero-order valence-corrected chi connectivity index (χ0v) is 17.4. The summed E-state index contributed by atoms with van der Waals surface area (Å²) >= 11 is 6.63. The molecule has 1 N–H and O–H groups in total. The van der Waals surface area contributed by atoms with Crippen molar-refractivity contribution in [1.29, 1.82) is 0 Å². The molecular formula is C18H18BrN3O2S2. The average molecular weight is 452 g/mol. The molecular weight excluding hydrogens is 434 g/mol. The van der Waals surface area contributed by atoms with Gasteiger partial charge in [0.05, 0.1) is 12.7 Å². The number of benzene rings is 1. The molecule has 0 spiro atoms. The molecule has 1 amide bonds. The third-order valence-corrected chi connectivity index (χ3v) is 7.46. The van der Waals surface area contributed by atoms with E-state index in [0.29, 0.717) is 23.3 Å². The number of thiazole rings is 1. The number of carbonyl (C=O) groups is 1. The second kappa shape index (κ2) is 7.42. The molecule has 2 aliphatic rings. The average Bonchev–Trinajstić information content (AvgIpc) is 3.09. The van der Waals surface area contributed by atoms with E-state index in [4.69, 9.17) is 9.73 Å². The SMILES string of the molecule is CC1CC2CSC(NC(=O)c3ccccc3)=NC2(c2nc(Br)cs2)CO1. The minimum absolute atomic E-state index is 0.143. The molecule has 1 saturated heterocycles. The van der Waals surface area contributed by atoms with Crippen LogP contribution in [0.4, 0.5) is 0 Å². The number of hydrogen-bond acceptors (Lipinski definition) is 6. The molecule has 4 rings (SSSR count). The van der Waals surface area contributed by atoms with Gasteiger partial charge in [0.1, 0.15) is 15.1 Å². The van der Waals surface area contributed by atoms with Gasteiger partial charge in [0, 0.05) is 22.6 Å². The van der Waals surface area contributed by atoms with E-state index in [1.165, 1.54) is 0 Å². The molecule has 3 atom stereocenters. The number of ether oxygens (including phenoxy) is 1. The van der Waals surface area contributed by atoms with Gasteiger partial charge in [0.25, 0.3) is 5.91 Å². The molecule has 1 aromatic carbocycles. The first-order chi connectivity index (χ1) is 12.6. The largest absolute Gasteiger partial charge is 0.375 e. The van der Waals surface area contributed by atoms with Crippen LogP contribution < -0.4 is 5.32 Å². The summed E-state index contributed by atoms with van der Waals surface area (Å²) in [7, 11) is 0. The van der Waals surface area contributed by atoms with Gasteiger partial charge in [0.2, 0.25) is 0 Å². The summed E-state index contributed by atoms with van der Waals surface area (Å²) in [5.74, 6) is 1.08. The predicted octanol–water partition coefficient (Wildman–Crippen LogP) is 4.06. The molecule has 2 aromatic rings. The Balaban J connectivity index is 1.65. The number of amides is 1. The lowest BCUT2D eigenvalue weighted by Gasteiger charge is -2.44. The van der Waals surface area contributed by atoms with Crippen molar-refractivity contribution < 1.29 is 9.53 Å². The summed E-state index contributed by atoms with van der Waals surface area (Å²) in [5, 5.41) is 6.51. The molecule has 0 radical (unpaired) electrons. The first-order valence-corrected chi connectivity index (χ1v) is 11.0. The monoisotopic (exact) mass is 451 g/mol. The van der Waals surface area contributed by atoms with Crippen molar-refractivity contribution in [2.45, 2.75) is 25.0 Å². The van der Waals surface area contributed by atoms with Gasteiger partial charge in [-0.2, -0.15) is 0 Å². The molecule has 3 unspecified atom stereocenters. The van der Waals surface area contributed by atoms with E-state index in [9.17, 15) is 4.79 Å². The van der Waals surface area contributed by atoms with E-state index in [2.05, 4.69) is 33.2 Å². The van der Waals surface area contributed by atoms with Gasteiger partial charge in [-0.1, -0.05) is 30.0 Å². The van der Waals surface area contributed by atoms with Crippen molar-refractivity contribution in [3.8, 4) is 0 Å². The number of halogens is 1. The molecule has 136 valence electrons. The van der Waals surface area contributed by atoms with Crippen LogP contribution in [0.5, 0.6) is 0 Å². The maximum absolute atomic E-state index is 12.5. The van der Waals surface area contributed by atoms with Gasteiger partial charge in [-0.25, -0.2) is 9.98 Å². The number of nitrogens with one attached hydrogen (secondary N) is 1. The molecule has 0 aliphatic carbocycles. The maximum atomic E-state index is 12.5. The Hall–Kier alpha value is -1.22. The number of aliphatic imine (C=N–C) groups is 1. The Bertz CT molecular complexity index is 842. The Morgan fingerprint density at radius 2 is 2.19 bits per heavy atom. The van der Waals surface area contributed by atoms with Gasteiger partial charge in [-0.15, -0.1) is 11.3 Å². The van der Waals surface area contributed by atoms with Crippen molar-refractivity contribution in [2.75, 3.05) is 12.4 Å². The predicted molar refractivity (Wildman–Crippen MR) is 109 cm³/mol. The fourth-order valence-electron chi connectivity index (χ4n) is 3.33. The van der Waals surface area contributed by atoms with Crippen molar-refractivity contribution in [2.24, 2.45) is 10.9 Å². The third-order valence-electron chi connectivity index (χ3n) is 4.70. The number of hydrogen-bond donors (Lipinski definition) is 1. The van der Waals surface area contributed by atoms with Gasteiger partial charge in [-0.3, -0.25) is 4.79 Å². The van der Waals surface area contributed by atoms with Gasteiger partial charge in [0.15, 0.2) is 5.17 Å². The van der Waals surface area contributed by atoms with E-state index < -0.39 is 5.54 Å². The number of carbonyl (C=O) groups excluding carboxylic acids is 1. The summed E-state index contributed by atoms with van der Waals surface area (Å²) in [4.78, 5) is 22.1. The zero-order chi connectivity index (χ0) is 18.1. The first-order valence-electron chi connectivity index (χ1n) is 8.39. The molecule has 0 bridgehead atoms.